The fourth-order valence-electron chi connectivity index (χ4n) is 3.08. The molecule has 1 aliphatic rings. The third-order valence-electron chi connectivity index (χ3n) is 4.55. The van der Waals surface area contributed by atoms with E-state index in [0.29, 0.717) is 5.69 Å². The van der Waals surface area contributed by atoms with Gasteiger partial charge >= 0.3 is 0 Å². The molecule has 3 rings (SSSR count). The highest BCUT2D eigenvalue weighted by Crippen LogP contribution is 2.29. The number of anilines is 1. The molecule has 0 aliphatic carbocycles. The van der Waals surface area contributed by atoms with E-state index in [1.807, 2.05) is 37.3 Å². The predicted octanol–water partition coefficient (Wildman–Crippen LogP) is 3.17. The minimum Gasteiger partial charge on any atom is -0.381 e. The van der Waals surface area contributed by atoms with E-state index >= 15 is 0 Å². The fourth-order valence-corrected chi connectivity index (χ4v) is 3.31. The fraction of sp³-hybridized carbons (Fsp3) is 0.474. The van der Waals surface area contributed by atoms with Crippen LogP contribution in [0.2, 0.25) is 5.02 Å². The summed E-state index contributed by atoms with van der Waals surface area (Å²) < 4.78 is 13.1. The van der Waals surface area contributed by atoms with Crippen molar-refractivity contribution in [3.05, 3.63) is 57.5 Å². The first-order chi connectivity index (χ1) is 12.6. The van der Waals surface area contributed by atoms with Crippen LogP contribution in [0.1, 0.15) is 31.4 Å². The SMILES string of the molecule is CC(Nc1cnn(C)c(=O)c1Cl)C(OC1CCOCC1)c1ccccc1. The summed E-state index contributed by atoms with van der Waals surface area (Å²) in [6.07, 6.45) is 3.29. The highest BCUT2D eigenvalue weighted by molar-refractivity contribution is 6.32. The first-order valence-electron chi connectivity index (χ1n) is 8.82. The Labute approximate surface area is 158 Å². The van der Waals surface area contributed by atoms with Crippen LogP contribution in [-0.2, 0) is 16.5 Å². The van der Waals surface area contributed by atoms with Crippen molar-refractivity contribution in [1.29, 1.82) is 0 Å². The van der Waals surface area contributed by atoms with E-state index in [1.54, 1.807) is 13.2 Å². The van der Waals surface area contributed by atoms with Crippen LogP contribution in [0.25, 0.3) is 0 Å². The van der Waals surface area contributed by atoms with Crippen LogP contribution in [0.5, 0.6) is 0 Å². The summed E-state index contributed by atoms with van der Waals surface area (Å²) in [6, 6.07) is 9.96. The molecule has 0 amide bonds. The molecule has 2 unspecified atom stereocenters. The number of ether oxygens (including phenoxy) is 2. The van der Waals surface area contributed by atoms with Gasteiger partial charge in [-0.05, 0) is 25.3 Å². The van der Waals surface area contributed by atoms with Crippen molar-refractivity contribution < 1.29 is 9.47 Å². The number of nitrogens with one attached hydrogen (secondary N) is 1. The molecule has 0 saturated carbocycles. The Bertz CT molecular complexity index is 775. The molecule has 0 spiro atoms. The van der Waals surface area contributed by atoms with Crippen molar-refractivity contribution in [2.24, 2.45) is 7.05 Å². The number of aryl methyl sites for hydroxylation is 1. The van der Waals surface area contributed by atoms with Crippen molar-refractivity contribution in [2.75, 3.05) is 18.5 Å². The van der Waals surface area contributed by atoms with Gasteiger partial charge in [0.15, 0.2) is 0 Å². The lowest BCUT2D eigenvalue weighted by atomic mass is 10.0. The first kappa shape index (κ1) is 18.9. The zero-order valence-electron chi connectivity index (χ0n) is 15.0. The molecular weight excluding hydrogens is 354 g/mol. The molecule has 26 heavy (non-hydrogen) atoms. The Kier molecular flexibility index (Phi) is 6.29. The molecule has 140 valence electrons. The lowest BCUT2D eigenvalue weighted by molar-refractivity contribution is -0.0738. The van der Waals surface area contributed by atoms with Gasteiger partial charge in [-0.3, -0.25) is 4.79 Å². The Morgan fingerprint density at radius 2 is 2.00 bits per heavy atom. The number of hydrogen-bond donors (Lipinski definition) is 1. The second-order valence-electron chi connectivity index (χ2n) is 6.51. The van der Waals surface area contributed by atoms with Gasteiger partial charge in [-0.2, -0.15) is 5.10 Å². The zero-order chi connectivity index (χ0) is 18.5. The van der Waals surface area contributed by atoms with E-state index in [1.165, 1.54) is 4.68 Å². The minimum absolute atomic E-state index is 0.105. The predicted molar refractivity (Wildman–Crippen MR) is 102 cm³/mol. The van der Waals surface area contributed by atoms with Crippen molar-refractivity contribution in [2.45, 2.75) is 38.0 Å². The third kappa shape index (κ3) is 4.44. The van der Waals surface area contributed by atoms with E-state index in [4.69, 9.17) is 21.1 Å². The molecule has 6 nitrogen and oxygen atoms in total. The molecule has 1 aliphatic heterocycles. The van der Waals surface area contributed by atoms with Gasteiger partial charge in [-0.25, -0.2) is 4.68 Å². The van der Waals surface area contributed by atoms with Crippen LogP contribution in [-0.4, -0.2) is 35.1 Å². The molecule has 1 aromatic carbocycles. The average Bonchev–Trinajstić information content (AvgIpc) is 2.68. The number of aromatic nitrogens is 2. The van der Waals surface area contributed by atoms with E-state index in [2.05, 4.69) is 10.4 Å². The van der Waals surface area contributed by atoms with Crippen molar-refractivity contribution in [1.82, 2.24) is 9.78 Å². The van der Waals surface area contributed by atoms with Gasteiger partial charge in [-0.15, -0.1) is 0 Å². The number of nitrogens with zero attached hydrogens (tertiary/aromatic N) is 2. The first-order valence-corrected chi connectivity index (χ1v) is 9.20. The molecule has 7 heteroatoms. The van der Waals surface area contributed by atoms with E-state index in [0.717, 1.165) is 31.6 Å². The number of hydrogen-bond acceptors (Lipinski definition) is 5. The van der Waals surface area contributed by atoms with Gasteiger partial charge in [0.05, 0.1) is 24.0 Å². The molecule has 1 saturated heterocycles. The van der Waals surface area contributed by atoms with Crippen molar-refractivity contribution in [3.8, 4) is 0 Å². The lowest BCUT2D eigenvalue weighted by Gasteiger charge is -2.32. The molecule has 1 N–H and O–H groups in total. The van der Waals surface area contributed by atoms with Crippen LogP contribution in [0.3, 0.4) is 0 Å². The Hall–Kier alpha value is -1.89. The Morgan fingerprint density at radius 3 is 2.69 bits per heavy atom. The van der Waals surface area contributed by atoms with Crippen LogP contribution >= 0.6 is 11.6 Å². The largest absolute Gasteiger partial charge is 0.381 e. The maximum absolute atomic E-state index is 12.0. The van der Waals surface area contributed by atoms with Crippen LogP contribution in [0.4, 0.5) is 5.69 Å². The molecule has 0 bridgehead atoms. The van der Waals surface area contributed by atoms with Crippen molar-refractivity contribution >= 4 is 17.3 Å². The molecule has 1 aromatic heterocycles. The molecule has 1 fully saturated rings. The summed E-state index contributed by atoms with van der Waals surface area (Å²) >= 11 is 6.19. The topological polar surface area (TPSA) is 65.4 Å². The van der Waals surface area contributed by atoms with Gasteiger partial charge in [-0.1, -0.05) is 41.9 Å². The smallest absolute Gasteiger partial charge is 0.287 e. The maximum atomic E-state index is 12.0. The monoisotopic (exact) mass is 377 g/mol. The van der Waals surface area contributed by atoms with E-state index in [9.17, 15) is 4.79 Å². The molecule has 0 radical (unpaired) electrons. The Balaban J connectivity index is 1.81. The number of benzene rings is 1. The van der Waals surface area contributed by atoms with Gasteiger partial charge in [0.25, 0.3) is 5.56 Å². The number of rotatable bonds is 6. The summed E-state index contributed by atoms with van der Waals surface area (Å²) in [5.74, 6) is 0. The van der Waals surface area contributed by atoms with Gasteiger partial charge in [0.2, 0.25) is 0 Å². The minimum atomic E-state index is -0.328. The molecular formula is C19H24ClN3O3. The molecule has 2 aromatic rings. The zero-order valence-corrected chi connectivity index (χ0v) is 15.8. The number of halogens is 1. The second kappa shape index (κ2) is 8.66. The summed E-state index contributed by atoms with van der Waals surface area (Å²) in [6.45, 7) is 3.46. The Morgan fingerprint density at radius 1 is 1.31 bits per heavy atom. The van der Waals surface area contributed by atoms with E-state index in [-0.39, 0.29) is 28.8 Å². The van der Waals surface area contributed by atoms with Crippen LogP contribution in [0.15, 0.2) is 41.3 Å². The highest BCUT2D eigenvalue weighted by atomic mass is 35.5. The van der Waals surface area contributed by atoms with Gasteiger partial charge in [0.1, 0.15) is 11.1 Å². The highest BCUT2D eigenvalue weighted by Gasteiger charge is 2.26. The summed E-state index contributed by atoms with van der Waals surface area (Å²) in [5.41, 5.74) is 1.26. The average molecular weight is 378 g/mol. The summed E-state index contributed by atoms with van der Waals surface area (Å²) in [5, 5.41) is 7.47. The maximum Gasteiger partial charge on any atom is 0.287 e. The molecule has 2 heterocycles. The summed E-state index contributed by atoms with van der Waals surface area (Å²) in [7, 11) is 1.57. The normalized spacial score (nSPS) is 17.7. The van der Waals surface area contributed by atoms with E-state index < -0.39 is 0 Å². The second-order valence-corrected chi connectivity index (χ2v) is 6.89. The van der Waals surface area contributed by atoms with Gasteiger partial charge < -0.3 is 14.8 Å². The third-order valence-corrected chi connectivity index (χ3v) is 4.92. The molecule has 2 atom stereocenters. The quantitative estimate of drug-likeness (QED) is 0.837. The van der Waals surface area contributed by atoms with Crippen molar-refractivity contribution in [3.63, 3.8) is 0 Å². The van der Waals surface area contributed by atoms with Crippen LogP contribution < -0.4 is 10.9 Å². The van der Waals surface area contributed by atoms with Gasteiger partial charge in [0, 0.05) is 20.3 Å². The standard InChI is InChI=1S/C19H24ClN3O3/c1-13(22-16-12-21-23(2)19(24)17(16)20)18(14-6-4-3-5-7-14)26-15-8-10-25-11-9-15/h3-7,12-13,15,18,22H,8-11H2,1-2H3. The lowest BCUT2D eigenvalue weighted by Crippen LogP contribution is -2.33. The van der Waals surface area contributed by atoms with Crippen LogP contribution in [0, 0.1) is 0 Å². The summed E-state index contributed by atoms with van der Waals surface area (Å²) in [4.78, 5) is 12.0.